The molecule has 3 rings (SSSR count). The maximum absolute atomic E-state index is 10.7. The predicted octanol–water partition coefficient (Wildman–Crippen LogP) is 6.00. The highest BCUT2D eigenvalue weighted by Crippen LogP contribution is 2.64. The van der Waals surface area contributed by atoms with Gasteiger partial charge in [0, 0.05) is 10.6 Å². The van der Waals surface area contributed by atoms with Crippen LogP contribution in [0.2, 0.25) is 5.02 Å². The van der Waals surface area contributed by atoms with Gasteiger partial charge < -0.3 is 4.74 Å². The van der Waals surface area contributed by atoms with Gasteiger partial charge in [-0.25, -0.2) is 0 Å². The maximum atomic E-state index is 10.7. The number of carbonyl (C=O) groups excluding carboxylic acids is 1. The van der Waals surface area contributed by atoms with Gasteiger partial charge in [0.15, 0.2) is 5.78 Å². The number of ether oxygens (including phenoxy) is 1. The fourth-order valence-corrected chi connectivity index (χ4v) is 3.23. The van der Waals surface area contributed by atoms with Crippen molar-refractivity contribution < 1.29 is 9.53 Å². The largest absolute Gasteiger partial charge is 0.497 e. The number of hydrogen-bond donors (Lipinski definition) is 0. The fraction of sp³-hybridized carbons (Fsp3) is 0.381. The Balaban J connectivity index is 0.000000185. The van der Waals surface area contributed by atoms with E-state index in [1.54, 1.807) is 31.4 Å². The lowest BCUT2D eigenvalue weighted by molar-refractivity contribution is 0.101. The molecule has 0 aliphatic heterocycles. The Hall–Kier alpha value is -1.80. The molecule has 3 heteroatoms. The molecule has 0 unspecified atom stereocenters. The van der Waals surface area contributed by atoms with Crippen molar-refractivity contribution in [3.63, 3.8) is 0 Å². The van der Waals surface area contributed by atoms with Crippen LogP contribution in [0.1, 0.15) is 49.5 Å². The summed E-state index contributed by atoms with van der Waals surface area (Å²) in [5.74, 6) is 2.54. The lowest BCUT2D eigenvalue weighted by atomic mass is 10.0. The van der Waals surface area contributed by atoms with E-state index >= 15 is 0 Å². The molecular weight excluding hydrogens is 320 g/mol. The molecule has 1 saturated carbocycles. The molecule has 1 aliphatic rings. The van der Waals surface area contributed by atoms with Crippen molar-refractivity contribution >= 4 is 17.4 Å². The fourth-order valence-electron chi connectivity index (χ4n) is 3.11. The van der Waals surface area contributed by atoms with Crippen molar-refractivity contribution in [1.82, 2.24) is 0 Å². The van der Waals surface area contributed by atoms with Gasteiger partial charge in [0.1, 0.15) is 5.75 Å². The number of halogens is 1. The van der Waals surface area contributed by atoms with Crippen LogP contribution in [0.15, 0.2) is 48.5 Å². The van der Waals surface area contributed by atoms with Crippen LogP contribution in [0, 0.1) is 11.3 Å². The molecule has 0 aromatic heterocycles. The summed E-state index contributed by atoms with van der Waals surface area (Å²) in [6.45, 7) is 8.54. The lowest BCUT2D eigenvalue weighted by Crippen LogP contribution is -1.90. The number of ketones is 1. The number of benzene rings is 2. The molecule has 0 saturated heterocycles. The topological polar surface area (TPSA) is 26.3 Å². The van der Waals surface area contributed by atoms with Gasteiger partial charge in [0.2, 0.25) is 0 Å². The lowest BCUT2D eigenvalue weighted by Gasteiger charge is -2.04. The van der Waals surface area contributed by atoms with Crippen LogP contribution in [-0.4, -0.2) is 12.9 Å². The van der Waals surface area contributed by atoms with Crippen LogP contribution in [0.5, 0.6) is 5.75 Å². The Bertz CT molecular complexity index is 687. The molecule has 2 atom stereocenters. The highest BCUT2D eigenvalue weighted by atomic mass is 35.5. The second-order valence-electron chi connectivity index (χ2n) is 6.92. The SMILES string of the molecule is CC(=O)c1ccc(Cl)cc1.COc1ccc([C@H]2[C@H](C)C2(C)C)cc1. The van der Waals surface area contributed by atoms with Crippen LogP contribution in [-0.2, 0) is 0 Å². The number of hydrogen-bond acceptors (Lipinski definition) is 2. The zero-order chi connectivity index (χ0) is 17.9. The number of methoxy groups -OCH3 is 1. The molecule has 0 amide bonds. The van der Waals surface area contributed by atoms with Crippen molar-refractivity contribution in [2.45, 2.75) is 33.6 Å². The minimum atomic E-state index is 0.0664. The standard InChI is InChI=1S/C13H18O.C8H7ClO/c1-9-12(13(9,2)3)10-5-7-11(14-4)8-6-10;1-6(10)7-2-4-8(9)5-3-7/h5-9,12H,1-4H3;2-5H,1H3/t9-,12+;/m0./s1. The number of Topliss-reactive ketones (excluding diaryl/α,β-unsaturated/α-hetero) is 1. The van der Waals surface area contributed by atoms with E-state index in [0.29, 0.717) is 16.0 Å². The van der Waals surface area contributed by atoms with Gasteiger partial charge in [-0.05, 0) is 66.1 Å². The molecule has 0 heterocycles. The Morgan fingerprint density at radius 1 is 1.04 bits per heavy atom. The van der Waals surface area contributed by atoms with Gasteiger partial charge in [-0.1, -0.05) is 44.5 Å². The summed E-state index contributed by atoms with van der Waals surface area (Å²) in [4.78, 5) is 10.7. The van der Waals surface area contributed by atoms with E-state index in [1.807, 2.05) is 0 Å². The molecule has 1 aliphatic carbocycles. The van der Waals surface area contributed by atoms with Crippen molar-refractivity contribution in [1.29, 1.82) is 0 Å². The zero-order valence-electron chi connectivity index (χ0n) is 15.0. The summed E-state index contributed by atoms with van der Waals surface area (Å²) in [6.07, 6.45) is 0. The normalized spacial score (nSPS) is 20.6. The average Bonchev–Trinajstić information content (AvgIpc) is 3.06. The third-order valence-electron chi connectivity index (χ3n) is 5.09. The first-order valence-corrected chi connectivity index (χ1v) is 8.55. The van der Waals surface area contributed by atoms with Crippen LogP contribution in [0.4, 0.5) is 0 Å². The second kappa shape index (κ2) is 7.40. The highest BCUT2D eigenvalue weighted by Gasteiger charge is 2.54. The van der Waals surface area contributed by atoms with Crippen molar-refractivity contribution in [3.05, 3.63) is 64.7 Å². The minimum Gasteiger partial charge on any atom is -0.497 e. The highest BCUT2D eigenvalue weighted by molar-refractivity contribution is 6.30. The first kappa shape index (κ1) is 18.5. The molecule has 2 aromatic rings. The third-order valence-corrected chi connectivity index (χ3v) is 5.34. The van der Waals surface area contributed by atoms with E-state index in [0.717, 1.165) is 17.6 Å². The molecule has 0 bridgehead atoms. The van der Waals surface area contributed by atoms with Gasteiger partial charge in [-0.2, -0.15) is 0 Å². The van der Waals surface area contributed by atoms with E-state index in [2.05, 4.69) is 45.0 Å². The molecule has 2 nitrogen and oxygen atoms in total. The van der Waals surface area contributed by atoms with Gasteiger partial charge in [-0.15, -0.1) is 0 Å². The summed E-state index contributed by atoms with van der Waals surface area (Å²) < 4.78 is 5.15. The van der Waals surface area contributed by atoms with E-state index in [1.165, 1.54) is 12.5 Å². The summed E-state index contributed by atoms with van der Waals surface area (Å²) in [6, 6.07) is 15.3. The first-order valence-electron chi connectivity index (χ1n) is 8.17. The maximum Gasteiger partial charge on any atom is 0.159 e. The smallest absolute Gasteiger partial charge is 0.159 e. The number of rotatable bonds is 3. The third kappa shape index (κ3) is 4.18. The molecule has 0 spiro atoms. The molecule has 0 radical (unpaired) electrons. The van der Waals surface area contributed by atoms with E-state index in [9.17, 15) is 4.79 Å². The number of carbonyl (C=O) groups is 1. The molecule has 0 N–H and O–H groups in total. The Morgan fingerprint density at radius 2 is 1.54 bits per heavy atom. The van der Waals surface area contributed by atoms with Crippen LogP contribution >= 0.6 is 11.6 Å². The van der Waals surface area contributed by atoms with Crippen LogP contribution in [0.3, 0.4) is 0 Å². The van der Waals surface area contributed by atoms with Crippen LogP contribution < -0.4 is 4.74 Å². The van der Waals surface area contributed by atoms with E-state index in [4.69, 9.17) is 16.3 Å². The summed E-state index contributed by atoms with van der Waals surface area (Å²) in [5, 5.41) is 0.657. The van der Waals surface area contributed by atoms with E-state index < -0.39 is 0 Å². The second-order valence-corrected chi connectivity index (χ2v) is 7.36. The van der Waals surface area contributed by atoms with E-state index in [-0.39, 0.29) is 5.78 Å². The Labute approximate surface area is 149 Å². The zero-order valence-corrected chi connectivity index (χ0v) is 15.7. The van der Waals surface area contributed by atoms with Gasteiger partial charge in [0.25, 0.3) is 0 Å². The van der Waals surface area contributed by atoms with Gasteiger partial charge in [0.05, 0.1) is 7.11 Å². The van der Waals surface area contributed by atoms with Crippen molar-refractivity contribution in [3.8, 4) is 5.75 Å². The van der Waals surface area contributed by atoms with Crippen molar-refractivity contribution in [2.75, 3.05) is 7.11 Å². The monoisotopic (exact) mass is 344 g/mol. The average molecular weight is 345 g/mol. The molecule has 2 aromatic carbocycles. The van der Waals surface area contributed by atoms with Crippen LogP contribution in [0.25, 0.3) is 0 Å². The minimum absolute atomic E-state index is 0.0664. The first-order chi connectivity index (χ1) is 11.3. The molecular formula is C21H25ClO2. The van der Waals surface area contributed by atoms with Gasteiger partial charge >= 0.3 is 0 Å². The Kier molecular flexibility index (Phi) is 5.71. The molecule has 24 heavy (non-hydrogen) atoms. The quantitative estimate of drug-likeness (QED) is 0.638. The summed E-state index contributed by atoms with van der Waals surface area (Å²) >= 11 is 5.61. The Morgan fingerprint density at radius 3 is 1.92 bits per heavy atom. The summed E-state index contributed by atoms with van der Waals surface area (Å²) in [7, 11) is 1.71. The molecule has 128 valence electrons. The predicted molar refractivity (Wildman–Crippen MR) is 100 cm³/mol. The van der Waals surface area contributed by atoms with Crippen molar-refractivity contribution in [2.24, 2.45) is 11.3 Å². The van der Waals surface area contributed by atoms with Gasteiger partial charge in [-0.3, -0.25) is 4.79 Å². The molecule has 1 fully saturated rings. The summed E-state index contributed by atoms with van der Waals surface area (Å²) in [5.41, 5.74) is 2.63.